The number of hydrogen-bond donors (Lipinski definition) is 1. The second kappa shape index (κ2) is 10.7. The minimum atomic E-state index is -0.318. The van der Waals surface area contributed by atoms with Crippen LogP contribution in [0.25, 0.3) is 10.9 Å². The number of carbonyl (C=O) groups is 1. The summed E-state index contributed by atoms with van der Waals surface area (Å²) in [5.74, 6) is 0.722. The maximum absolute atomic E-state index is 13.5. The molecule has 0 atom stereocenters. The van der Waals surface area contributed by atoms with Crippen molar-refractivity contribution in [2.24, 2.45) is 0 Å². The SMILES string of the molecule is COc1cc2cc(CCc3ccc(C)cc3)c(=O)n(CC(=O)Nc3ccc(Cl)cc3)c2cc1OC. The van der Waals surface area contributed by atoms with Crippen molar-refractivity contribution >= 4 is 34.1 Å². The Morgan fingerprint density at radius 2 is 1.57 bits per heavy atom. The zero-order chi connectivity index (χ0) is 24.9. The number of amides is 1. The molecule has 1 heterocycles. The van der Waals surface area contributed by atoms with E-state index in [9.17, 15) is 9.59 Å². The van der Waals surface area contributed by atoms with Gasteiger partial charge in [-0.15, -0.1) is 0 Å². The first-order valence-corrected chi connectivity index (χ1v) is 11.6. The van der Waals surface area contributed by atoms with Crippen molar-refractivity contribution in [3.8, 4) is 11.5 Å². The van der Waals surface area contributed by atoms with Crippen molar-refractivity contribution in [1.82, 2.24) is 4.57 Å². The Hall–Kier alpha value is -3.77. The highest BCUT2D eigenvalue weighted by molar-refractivity contribution is 6.30. The van der Waals surface area contributed by atoms with Crippen LogP contribution in [0.15, 0.2) is 71.5 Å². The standard InChI is InChI=1S/C28H27ClN2O4/c1-18-4-6-19(7-5-18)8-9-20-14-21-15-25(34-2)26(35-3)16-24(21)31(28(20)33)17-27(32)30-23-12-10-22(29)11-13-23/h4-7,10-16H,8-9,17H2,1-3H3,(H,30,32). The largest absolute Gasteiger partial charge is 0.493 e. The number of nitrogens with zero attached hydrogens (tertiary/aromatic N) is 1. The summed E-state index contributed by atoms with van der Waals surface area (Å²) in [6.45, 7) is 1.90. The summed E-state index contributed by atoms with van der Waals surface area (Å²) in [5, 5.41) is 4.20. The topological polar surface area (TPSA) is 69.6 Å². The number of halogens is 1. The van der Waals surface area contributed by atoms with Crippen molar-refractivity contribution in [3.05, 3.63) is 98.8 Å². The van der Waals surface area contributed by atoms with Gasteiger partial charge in [-0.3, -0.25) is 14.2 Å². The van der Waals surface area contributed by atoms with Gasteiger partial charge >= 0.3 is 0 Å². The molecule has 0 aliphatic rings. The van der Waals surface area contributed by atoms with E-state index in [1.54, 1.807) is 37.4 Å². The van der Waals surface area contributed by atoms with Crippen LogP contribution in [0.5, 0.6) is 11.5 Å². The van der Waals surface area contributed by atoms with Crippen LogP contribution in [0.4, 0.5) is 5.69 Å². The molecule has 6 nitrogen and oxygen atoms in total. The average Bonchev–Trinajstić information content (AvgIpc) is 2.86. The van der Waals surface area contributed by atoms with Gasteiger partial charge in [0, 0.05) is 27.7 Å². The highest BCUT2D eigenvalue weighted by atomic mass is 35.5. The van der Waals surface area contributed by atoms with E-state index in [0.717, 1.165) is 10.9 Å². The molecule has 4 aromatic rings. The number of fused-ring (bicyclic) bond motifs is 1. The van der Waals surface area contributed by atoms with Crippen molar-refractivity contribution in [2.45, 2.75) is 26.3 Å². The first-order chi connectivity index (χ1) is 16.9. The highest BCUT2D eigenvalue weighted by Crippen LogP contribution is 2.32. The number of anilines is 1. The number of aromatic nitrogens is 1. The molecule has 0 unspecified atom stereocenters. The molecule has 0 saturated carbocycles. The van der Waals surface area contributed by atoms with E-state index >= 15 is 0 Å². The van der Waals surface area contributed by atoms with Gasteiger partial charge in [-0.2, -0.15) is 0 Å². The van der Waals surface area contributed by atoms with Gasteiger partial charge in [-0.05, 0) is 61.7 Å². The Labute approximate surface area is 209 Å². The number of pyridine rings is 1. The van der Waals surface area contributed by atoms with Crippen LogP contribution >= 0.6 is 11.6 Å². The second-order valence-corrected chi connectivity index (χ2v) is 8.80. The summed E-state index contributed by atoms with van der Waals surface area (Å²) in [4.78, 5) is 26.4. The first kappa shape index (κ1) is 24.4. The lowest BCUT2D eigenvalue weighted by atomic mass is 10.0. The van der Waals surface area contributed by atoms with Gasteiger partial charge in [0.15, 0.2) is 11.5 Å². The molecular formula is C28H27ClN2O4. The zero-order valence-electron chi connectivity index (χ0n) is 19.9. The number of nitrogens with one attached hydrogen (secondary N) is 1. The van der Waals surface area contributed by atoms with Crippen LogP contribution in [0.3, 0.4) is 0 Å². The molecule has 0 fully saturated rings. The van der Waals surface area contributed by atoms with Crippen molar-refractivity contribution in [1.29, 1.82) is 0 Å². The first-order valence-electron chi connectivity index (χ1n) is 11.3. The fourth-order valence-corrected chi connectivity index (χ4v) is 4.14. The van der Waals surface area contributed by atoms with Crippen LogP contribution in [-0.4, -0.2) is 24.7 Å². The van der Waals surface area contributed by atoms with Gasteiger partial charge < -0.3 is 14.8 Å². The lowest BCUT2D eigenvalue weighted by molar-refractivity contribution is -0.116. The molecule has 4 rings (SSSR count). The van der Waals surface area contributed by atoms with Gasteiger partial charge in [0.2, 0.25) is 5.91 Å². The fraction of sp³-hybridized carbons (Fsp3) is 0.214. The number of benzene rings is 3. The maximum Gasteiger partial charge on any atom is 0.254 e. The van der Waals surface area contributed by atoms with Crippen LogP contribution in [0.1, 0.15) is 16.7 Å². The molecule has 0 radical (unpaired) electrons. The van der Waals surface area contributed by atoms with Crippen molar-refractivity contribution in [3.63, 3.8) is 0 Å². The average molecular weight is 491 g/mol. The van der Waals surface area contributed by atoms with Gasteiger partial charge in [0.05, 0.1) is 19.7 Å². The minimum Gasteiger partial charge on any atom is -0.493 e. The molecule has 1 N–H and O–H groups in total. The smallest absolute Gasteiger partial charge is 0.254 e. The quantitative estimate of drug-likeness (QED) is 0.359. The van der Waals surface area contributed by atoms with E-state index in [2.05, 4.69) is 29.6 Å². The van der Waals surface area contributed by atoms with E-state index in [1.165, 1.54) is 17.2 Å². The molecule has 3 aromatic carbocycles. The van der Waals surface area contributed by atoms with Gasteiger partial charge in [0.1, 0.15) is 6.54 Å². The number of carbonyl (C=O) groups excluding carboxylic acids is 1. The number of methoxy groups -OCH3 is 2. The third-order valence-corrected chi connectivity index (χ3v) is 6.16. The Morgan fingerprint density at radius 3 is 2.23 bits per heavy atom. The monoisotopic (exact) mass is 490 g/mol. The predicted octanol–water partition coefficient (Wildman–Crippen LogP) is 5.40. The molecule has 0 aliphatic carbocycles. The second-order valence-electron chi connectivity index (χ2n) is 8.37. The Morgan fingerprint density at radius 1 is 0.914 bits per heavy atom. The lowest BCUT2D eigenvalue weighted by Crippen LogP contribution is -2.30. The molecule has 180 valence electrons. The maximum atomic E-state index is 13.5. The Balaban J connectivity index is 1.72. The molecule has 1 aromatic heterocycles. The summed E-state index contributed by atoms with van der Waals surface area (Å²) in [6, 6.07) is 20.5. The molecule has 0 saturated heterocycles. The van der Waals surface area contributed by atoms with E-state index < -0.39 is 0 Å². The molecular weight excluding hydrogens is 464 g/mol. The number of rotatable bonds is 8. The molecule has 35 heavy (non-hydrogen) atoms. The molecule has 7 heteroatoms. The zero-order valence-corrected chi connectivity index (χ0v) is 20.7. The fourth-order valence-electron chi connectivity index (χ4n) is 4.01. The van der Waals surface area contributed by atoms with Crippen LogP contribution < -0.4 is 20.3 Å². The molecule has 0 aliphatic heterocycles. The van der Waals surface area contributed by atoms with Crippen molar-refractivity contribution in [2.75, 3.05) is 19.5 Å². The van der Waals surface area contributed by atoms with Crippen LogP contribution in [-0.2, 0) is 24.2 Å². The lowest BCUT2D eigenvalue weighted by Gasteiger charge is -2.16. The summed E-state index contributed by atoms with van der Waals surface area (Å²) in [7, 11) is 3.10. The number of hydrogen-bond acceptors (Lipinski definition) is 4. The van der Waals surface area contributed by atoms with Gasteiger partial charge in [-0.1, -0.05) is 41.4 Å². The van der Waals surface area contributed by atoms with Gasteiger partial charge in [0.25, 0.3) is 5.56 Å². The molecule has 0 spiro atoms. The molecule has 0 bridgehead atoms. The minimum absolute atomic E-state index is 0.147. The number of aryl methyl sites for hydroxylation is 3. The van der Waals surface area contributed by atoms with Gasteiger partial charge in [-0.25, -0.2) is 0 Å². The Kier molecular flexibility index (Phi) is 7.42. The van der Waals surface area contributed by atoms with E-state index in [-0.39, 0.29) is 18.0 Å². The van der Waals surface area contributed by atoms with E-state index in [4.69, 9.17) is 21.1 Å². The van der Waals surface area contributed by atoms with Crippen LogP contribution in [0, 0.1) is 6.92 Å². The summed E-state index contributed by atoms with van der Waals surface area (Å²) < 4.78 is 12.4. The Bertz CT molecular complexity index is 1410. The summed E-state index contributed by atoms with van der Waals surface area (Å²) in [5.41, 5.74) is 3.96. The number of ether oxygens (including phenoxy) is 2. The summed E-state index contributed by atoms with van der Waals surface area (Å²) in [6.07, 6.45) is 1.26. The van der Waals surface area contributed by atoms with Crippen LogP contribution in [0.2, 0.25) is 5.02 Å². The third kappa shape index (κ3) is 5.66. The van der Waals surface area contributed by atoms with E-state index in [0.29, 0.717) is 46.1 Å². The normalized spacial score (nSPS) is 10.9. The third-order valence-electron chi connectivity index (χ3n) is 5.91. The van der Waals surface area contributed by atoms with E-state index in [1.807, 2.05) is 19.1 Å². The predicted molar refractivity (Wildman–Crippen MR) is 140 cm³/mol. The highest BCUT2D eigenvalue weighted by Gasteiger charge is 2.16. The van der Waals surface area contributed by atoms with Crippen molar-refractivity contribution < 1.29 is 14.3 Å². The summed E-state index contributed by atoms with van der Waals surface area (Å²) >= 11 is 5.94. The molecule has 1 amide bonds.